The lowest BCUT2D eigenvalue weighted by atomic mass is 10.0. The molecule has 3 N–H and O–H groups in total. The highest BCUT2D eigenvalue weighted by Crippen LogP contribution is 2.33. The minimum atomic E-state index is 0.0222. The summed E-state index contributed by atoms with van der Waals surface area (Å²) in [6.07, 6.45) is 0.858. The highest BCUT2D eigenvalue weighted by atomic mass is 32.1. The lowest BCUT2D eigenvalue weighted by molar-refractivity contribution is 0.414. The predicted octanol–water partition coefficient (Wildman–Crippen LogP) is 4.37. The number of nitrogens with zero attached hydrogens (tertiary/aromatic N) is 2. The average molecular weight is 404 g/mol. The van der Waals surface area contributed by atoms with E-state index in [2.05, 4.69) is 63.5 Å². The molecule has 7 heteroatoms. The van der Waals surface area contributed by atoms with Crippen LogP contribution in [0.25, 0.3) is 16.5 Å². The monoisotopic (exact) mass is 403 g/mol. The summed E-state index contributed by atoms with van der Waals surface area (Å²) in [5.41, 5.74) is 9.02. The highest BCUT2D eigenvalue weighted by Gasteiger charge is 2.30. The van der Waals surface area contributed by atoms with E-state index in [0.717, 1.165) is 29.1 Å². The maximum absolute atomic E-state index is 5.59. The molecule has 1 aromatic heterocycles. The van der Waals surface area contributed by atoms with Crippen LogP contribution in [0.5, 0.6) is 5.75 Å². The summed E-state index contributed by atoms with van der Waals surface area (Å²) >= 11 is 5.59. The molecule has 29 heavy (non-hydrogen) atoms. The average Bonchev–Trinajstić information content (AvgIpc) is 3.40. The summed E-state index contributed by atoms with van der Waals surface area (Å²) in [6, 6.07) is 22.9. The van der Waals surface area contributed by atoms with Gasteiger partial charge < -0.3 is 4.74 Å². The van der Waals surface area contributed by atoms with Crippen LogP contribution in [-0.2, 0) is 0 Å². The summed E-state index contributed by atoms with van der Waals surface area (Å²) in [4.78, 5) is 0. The molecule has 6 nitrogen and oxygen atoms in total. The van der Waals surface area contributed by atoms with E-state index >= 15 is 0 Å². The first-order valence-corrected chi connectivity index (χ1v) is 9.96. The summed E-state index contributed by atoms with van der Waals surface area (Å²) in [5.74, 6) is 1.72. The van der Waals surface area contributed by atoms with Crippen LogP contribution >= 0.6 is 12.2 Å². The molecule has 1 fully saturated rings. The zero-order chi connectivity index (χ0) is 19.8. The molecule has 146 valence electrons. The van der Waals surface area contributed by atoms with Gasteiger partial charge in [0.1, 0.15) is 5.75 Å². The van der Waals surface area contributed by atoms with E-state index in [4.69, 9.17) is 17.0 Å². The Hall–Kier alpha value is -3.00. The number of nitrogens with one attached hydrogen (secondary N) is 3. The normalized spacial score (nSPS) is 18.9. The van der Waals surface area contributed by atoms with Crippen molar-refractivity contribution in [2.75, 3.05) is 7.11 Å². The number of hydrazine groups is 1. The molecule has 1 saturated heterocycles. The van der Waals surface area contributed by atoms with Crippen LogP contribution in [0.4, 0.5) is 0 Å². The second-order valence-corrected chi connectivity index (χ2v) is 7.51. The summed E-state index contributed by atoms with van der Waals surface area (Å²) in [7, 11) is 1.68. The number of aromatic nitrogens is 3. The number of fused-ring (bicyclic) bond motifs is 1. The third kappa shape index (κ3) is 3.23. The molecule has 2 atom stereocenters. The minimum absolute atomic E-state index is 0.0222. The van der Waals surface area contributed by atoms with Crippen molar-refractivity contribution in [1.82, 2.24) is 25.6 Å². The van der Waals surface area contributed by atoms with E-state index in [-0.39, 0.29) is 12.1 Å². The maximum Gasteiger partial charge on any atom is 0.199 e. The number of H-pyrrole nitrogens is 1. The van der Waals surface area contributed by atoms with Crippen molar-refractivity contribution in [2.24, 2.45) is 0 Å². The van der Waals surface area contributed by atoms with E-state index in [1.807, 2.05) is 28.8 Å². The first kappa shape index (κ1) is 18.1. The molecule has 2 heterocycles. The van der Waals surface area contributed by atoms with Crippen molar-refractivity contribution in [1.29, 1.82) is 0 Å². The minimum Gasteiger partial charge on any atom is -0.497 e. The Kier molecular flexibility index (Phi) is 4.63. The molecule has 1 aliphatic rings. The van der Waals surface area contributed by atoms with E-state index in [1.54, 1.807) is 7.11 Å². The summed E-state index contributed by atoms with van der Waals surface area (Å²) in [6.45, 7) is 0. The molecule has 0 aliphatic carbocycles. The molecule has 0 amide bonds. The molecular weight excluding hydrogens is 382 g/mol. The van der Waals surface area contributed by atoms with Crippen molar-refractivity contribution in [3.63, 3.8) is 0 Å². The van der Waals surface area contributed by atoms with Crippen LogP contribution < -0.4 is 15.6 Å². The van der Waals surface area contributed by atoms with Gasteiger partial charge >= 0.3 is 0 Å². The maximum atomic E-state index is 5.59. The fourth-order valence-corrected chi connectivity index (χ4v) is 4.20. The standard InChI is InChI=1S/C22H21N5OS/c1-28-16-11-9-15(10-12-16)18-13-19(24-23-18)21-25-26-22(29)27(21)20-8-4-6-14-5-2-3-7-17(14)20/h2-12,18-19,23-24H,13H2,1H3,(H,26,29). The first-order chi connectivity index (χ1) is 14.2. The van der Waals surface area contributed by atoms with Gasteiger partial charge in [0.15, 0.2) is 10.6 Å². The Morgan fingerprint density at radius 2 is 1.72 bits per heavy atom. The van der Waals surface area contributed by atoms with E-state index in [9.17, 15) is 0 Å². The Labute approximate surface area is 173 Å². The van der Waals surface area contributed by atoms with Gasteiger partial charge in [0.05, 0.1) is 18.8 Å². The molecule has 0 radical (unpaired) electrons. The number of benzene rings is 3. The van der Waals surface area contributed by atoms with E-state index in [0.29, 0.717) is 4.77 Å². The van der Waals surface area contributed by atoms with Gasteiger partial charge in [0.25, 0.3) is 0 Å². The molecule has 0 bridgehead atoms. The Balaban J connectivity index is 1.50. The van der Waals surface area contributed by atoms with Crippen LogP contribution in [0.2, 0.25) is 0 Å². The third-order valence-electron chi connectivity index (χ3n) is 5.44. The fraction of sp³-hybridized carbons (Fsp3) is 0.182. The molecule has 3 aromatic carbocycles. The van der Waals surface area contributed by atoms with Crippen molar-refractivity contribution >= 4 is 23.0 Å². The number of hydrogen-bond acceptors (Lipinski definition) is 5. The molecule has 2 unspecified atom stereocenters. The smallest absolute Gasteiger partial charge is 0.199 e. The van der Waals surface area contributed by atoms with Crippen molar-refractivity contribution < 1.29 is 4.74 Å². The number of hydrogen-bond donors (Lipinski definition) is 3. The van der Waals surface area contributed by atoms with Crippen LogP contribution in [-0.4, -0.2) is 21.9 Å². The third-order valence-corrected chi connectivity index (χ3v) is 5.71. The quantitative estimate of drug-likeness (QED) is 0.442. The Bertz CT molecular complexity index is 1210. The van der Waals surface area contributed by atoms with Crippen LogP contribution in [0, 0.1) is 4.77 Å². The molecule has 4 aromatic rings. The van der Waals surface area contributed by atoms with Crippen LogP contribution in [0.3, 0.4) is 0 Å². The second-order valence-electron chi connectivity index (χ2n) is 7.12. The lowest BCUT2D eigenvalue weighted by Gasteiger charge is -2.14. The number of methoxy groups -OCH3 is 1. The number of ether oxygens (including phenoxy) is 1. The van der Waals surface area contributed by atoms with Gasteiger partial charge in [0.2, 0.25) is 0 Å². The van der Waals surface area contributed by atoms with Gasteiger partial charge in [-0.1, -0.05) is 48.5 Å². The van der Waals surface area contributed by atoms with Crippen molar-refractivity contribution in [3.8, 4) is 11.4 Å². The van der Waals surface area contributed by atoms with E-state index in [1.165, 1.54) is 10.9 Å². The number of rotatable bonds is 4. The summed E-state index contributed by atoms with van der Waals surface area (Å²) in [5, 5.41) is 9.86. The van der Waals surface area contributed by atoms with Gasteiger partial charge in [-0.25, -0.2) is 10.9 Å². The molecular formula is C22H21N5OS. The zero-order valence-electron chi connectivity index (χ0n) is 15.9. The Morgan fingerprint density at radius 3 is 2.55 bits per heavy atom. The van der Waals surface area contributed by atoms with Gasteiger partial charge in [0, 0.05) is 11.4 Å². The van der Waals surface area contributed by atoms with Gasteiger partial charge in [-0.05, 0) is 47.8 Å². The van der Waals surface area contributed by atoms with Crippen LogP contribution in [0.1, 0.15) is 29.9 Å². The van der Waals surface area contributed by atoms with Crippen molar-refractivity contribution in [3.05, 3.63) is 82.9 Å². The van der Waals surface area contributed by atoms with E-state index < -0.39 is 0 Å². The Morgan fingerprint density at radius 1 is 0.966 bits per heavy atom. The molecule has 0 saturated carbocycles. The number of aromatic amines is 1. The van der Waals surface area contributed by atoms with Gasteiger partial charge in [-0.15, -0.1) is 0 Å². The molecule has 0 spiro atoms. The van der Waals surface area contributed by atoms with Crippen LogP contribution in [0.15, 0.2) is 66.7 Å². The molecule has 1 aliphatic heterocycles. The topological polar surface area (TPSA) is 66.9 Å². The van der Waals surface area contributed by atoms with Gasteiger partial charge in [-0.2, -0.15) is 5.10 Å². The second kappa shape index (κ2) is 7.44. The summed E-state index contributed by atoms with van der Waals surface area (Å²) < 4.78 is 7.88. The fourth-order valence-electron chi connectivity index (χ4n) is 3.96. The van der Waals surface area contributed by atoms with Crippen molar-refractivity contribution in [2.45, 2.75) is 18.5 Å². The predicted molar refractivity (Wildman–Crippen MR) is 116 cm³/mol. The lowest BCUT2D eigenvalue weighted by Crippen LogP contribution is -2.28. The first-order valence-electron chi connectivity index (χ1n) is 9.55. The molecule has 5 rings (SSSR count). The zero-order valence-corrected chi connectivity index (χ0v) is 16.7. The highest BCUT2D eigenvalue weighted by molar-refractivity contribution is 7.71. The SMILES string of the molecule is COc1ccc(C2CC(c3n[nH]c(=S)n3-c3cccc4ccccc34)NN2)cc1. The largest absolute Gasteiger partial charge is 0.497 e. The van der Waals surface area contributed by atoms with Gasteiger partial charge in [-0.3, -0.25) is 9.67 Å².